The number of halogens is 1. The molecule has 3 heterocycles. The molecular formula is C22H22ClN3O. The van der Waals surface area contributed by atoms with Crippen LogP contribution in [0.3, 0.4) is 0 Å². The van der Waals surface area contributed by atoms with Crippen molar-refractivity contribution >= 4 is 28.4 Å². The van der Waals surface area contributed by atoms with Crippen molar-refractivity contribution in [3.8, 4) is 11.3 Å². The topological polar surface area (TPSA) is 48.1 Å². The minimum atomic E-state index is -0.0491. The molecule has 27 heavy (non-hydrogen) atoms. The molecule has 2 aliphatic rings. The van der Waals surface area contributed by atoms with E-state index in [0.29, 0.717) is 17.1 Å². The fraction of sp³-hybridized carbons (Fsp3) is 0.318. The number of nitrogens with one attached hydrogen (secondary N) is 2. The molecule has 3 aromatic rings. The summed E-state index contributed by atoms with van der Waals surface area (Å²) in [6.45, 7) is 3.90. The third kappa shape index (κ3) is 3.03. The fourth-order valence-electron chi connectivity index (χ4n) is 4.34. The first-order chi connectivity index (χ1) is 13.2. The number of amides is 1. The maximum atomic E-state index is 12.3. The normalized spacial score (nSPS) is 17.3. The van der Waals surface area contributed by atoms with E-state index < -0.39 is 0 Å². The second kappa shape index (κ2) is 6.70. The lowest BCUT2D eigenvalue weighted by molar-refractivity contribution is 0.0966. The van der Waals surface area contributed by atoms with E-state index in [1.54, 1.807) is 0 Å². The van der Waals surface area contributed by atoms with Crippen LogP contribution in [0.15, 0.2) is 36.4 Å². The number of nitrogens with zero attached hydrogens (tertiary/aromatic N) is 1. The fourth-order valence-corrected chi connectivity index (χ4v) is 4.56. The molecule has 1 aromatic heterocycles. The summed E-state index contributed by atoms with van der Waals surface area (Å²) in [4.78, 5) is 18.3. The Morgan fingerprint density at radius 3 is 2.74 bits per heavy atom. The summed E-state index contributed by atoms with van der Waals surface area (Å²) >= 11 is 6.28. The number of H-pyrrole nitrogens is 1. The number of likely N-dealkylation sites (tertiary alicyclic amines) is 1. The van der Waals surface area contributed by atoms with Crippen LogP contribution in [0.5, 0.6) is 0 Å². The first-order valence-electron chi connectivity index (χ1n) is 9.63. The van der Waals surface area contributed by atoms with Crippen molar-refractivity contribution in [1.82, 2.24) is 15.2 Å². The van der Waals surface area contributed by atoms with Crippen molar-refractivity contribution in [2.45, 2.75) is 32.4 Å². The van der Waals surface area contributed by atoms with Crippen molar-refractivity contribution in [3.05, 3.63) is 58.1 Å². The van der Waals surface area contributed by atoms with E-state index in [4.69, 9.17) is 11.6 Å². The van der Waals surface area contributed by atoms with Gasteiger partial charge in [0, 0.05) is 45.8 Å². The quantitative estimate of drug-likeness (QED) is 0.691. The summed E-state index contributed by atoms with van der Waals surface area (Å²) in [5.74, 6) is -0.0491. The molecule has 0 spiro atoms. The highest BCUT2D eigenvalue weighted by atomic mass is 35.5. The Labute approximate surface area is 163 Å². The van der Waals surface area contributed by atoms with E-state index in [-0.39, 0.29) is 5.91 Å². The van der Waals surface area contributed by atoms with Gasteiger partial charge in [0.1, 0.15) is 0 Å². The number of rotatable bonds is 3. The van der Waals surface area contributed by atoms with Crippen LogP contribution in [0.4, 0.5) is 0 Å². The lowest BCUT2D eigenvalue weighted by atomic mass is 10.0. The molecular weight excluding hydrogens is 358 g/mol. The zero-order chi connectivity index (χ0) is 18.4. The van der Waals surface area contributed by atoms with E-state index in [1.807, 2.05) is 12.1 Å². The number of hydrogen-bond donors (Lipinski definition) is 2. The van der Waals surface area contributed by atoms with E-state index in [2.05, 4.69) is 39.5 Å². The maximum Gasteiger partial charge on any atom is 0.252 e. The summed E-state index contributed by atoms with van der Waals surface area (Å²) in [6.07, 6.45) is 3.97. The number of fused-ring (bicyclic) bond motifs is 2. The van der Waals surface area contributed by atoms with E-state index in [1.165, 1.54) is 43.3 Å². The average Bonchev–Trinajstić information content (AvgIpc) is 3.27. The van der Waals surface area contributed by atoms with Crippen LogP contribution >= 0.6 is 11.6 Å². The van der Waals surface area contributed by atoms with Crippen LogP contribution in [0.2, 0.25) is 5.02 Å². The highest BCUT2D eigenvalue weighted by Gasteiger charge is 2.26. The van der Waals surface area contributed by atoms with Gasteiger partial charge in [0.05, 0.1) is 5.56 Å². The minimum absolute atomic E-state index is 0.0491. The molecule has 0 bridgehead atoms. The summed E-state index contributed by atoms with van der Waals surface area (Å²) in [7, 11) is 0. The van der Waals surface area contributed by atoms with Crippen LogP contribution < -0.4 is 5.32 Å². The van der Waals surface area contributed by atoms with Gasteiger partial charge in [-0.1, -0.05) is 30.2 Å². The Bertz CT molecular complexity index is 1030. The van der Waals surface area contributed by atoms with Gasteiger partial charge in [-0.2, -0.15) is 0 Å². The highest BCUT2D eigenvalue weighted by molar-refractivity contribution is 6.32. The summed E-state index contributed by atoms with van der Waals surface area (Å²) in [5.41, 5.74) is 5.90. The molecule has 1 saturated heterocycles. The smallest absolute Gasteiger partial charge is 0.252 e. The minimum Gasteiger partial charge on any atom is -0.355 e. The van der Waals surface area contributed by atoms with Crippen LogP contribution in [-0.4, -0.2) is 28.9 Å². The monoisotopic (exact) mass is 379 g/mol. The van der Waals surface area contributed by atoms with Gasteiger partial charge in [-0.3, -0.25) is 9.69 Å². The predicted octanol–water partition coefficient (Wildman–Crippen LogP) is 4.72. The third-order valence-corrected chi connectivity index (χ3v) is 6.09. The van der Waals surface area contributed by atoms with E-state index in [9.17, 15) is 4.79 Å². The molecule has 4 nitrogen and oxygen atoms in total. The second-order valence-electron chi connectivity index (χ2n) is 7.57. The van der Waals surface area contributed by atoms with E-state index >= 15 is 0 Å². The molecule has 0 saturated carbocycles. The molecule has 5 rings (SSSR count). The molecule has 0 radical (unpaired) electrons. The molecule has 2 aliphatic heterocycles. The first-order valence-corrected chi connectivity index (χ1v) is 10.0. The number of carbonyl (C=O) groups excluding carboxylic acids is 1. The van der Waals surface area contributed by atoms with Crippen LogP contribution in [-0.2, 0) is 13.1 Å². The lowest BCUT2D eigenvalue weighted by Gasteiger charge is -2.26. The molecule has 1 amide bonds. The Balaban J connectivity index is 1.51. The Morgan fingerprint density at radius 1 is 1.04 bits per heavy atom. The number of piperidine rings is 1. The lowest BCUT2D eigenvalue weighted by Crippen LogP contribution is -2.28. The maximum absolute atomic E-state index is 12.3. The summed E-state index contributed by atoms with van der Waals surface area (Å²) in [6, 6.07) is 12.6. The Kier molecular flexibility index (Phi) is 4.18. The van der Waals surface area contributed by atoms with Crippen molar-refractivity contribution in [3.63, 3.8) is 0 Å². The SMILES string of the molecule is O=C1NCc2c(Cl)ccc(-c3cc4cc(CN5CCCCC5)ccc4[nH]3)c21. The van der Waals surface area contributed by atoms with E-state index in [0.717, 1.165) is 28.9 Å². The molecule has 0 aliphatic carbocycles. The largest absolute Gasteiger partial charge is 0.355 e. The van der Waals surface area contributed by atoms with Gasteiger partial charge in [0.15, 0.2) is 0 Å². The molecule has 2 aromatic carbocycles. The molecule has 0 atom stereocenters. The Morgan fingerprint density at radius 2 is 1.89 bits per heavy atom. The highest BCUT2D eigenvalue weighted by Crippen LogP contribution is 2.34. The number of aromatic nitrogens is 1. The predicted molar refractivity (Wildman–Crippen MR) is 109 cm³/mol. The van der Waals surface area contributed by atoms with Crippen molar-refractivity contribution in [2.24, 2.45) is 0 Å². The van der Waals surface area contributed by atoms with Gasteiger partial charge in [0.2, 0.25) is 0 Å². The van der Waals surface area contributed by atoms with Crippen LogP contribution in [0, 0.1) is 0 Å². The first kappa shape index (κ1) is 16.8. The van der Waals surface area contributed by atoms with Gasteiger partial charge >= 0.3 is 0 Å². The summed E-state index contributed by atoms with van der Waals surface area (Å²) < 4.78 is 0. The third-order valence-electron chi connectivity index (χ3n) is 5.74. The van der Waals surface area contributed by atoms with Gasteiger partial charge in [-0.05, 0) is 55.8 Å². The zero-order valence-electron chi connectivity index (χ0n) is 15.1. The number of benzene rings is 2. The molecule has 138 valence electrons. The van der Waals surface area contributed by atoms with Crippen LogP contribution in [0.1, 0.15) is 40.7 Å². The van der Waals surface area contributed by atoms with Crippen molar-refractivity contribution < 1.29 is 4.79 Å². The summed E-state index contributed by atoms with van der Waals surface area (Å²) in [5, 5.41) is 4.71. The molecule has 5 heteroatoms. The van der Waals surface area contributed by atoms with Crippen LogP contribution in [0.25, 0.3) is 22.2 Å². The number of hydrogen-bond acceptors (Lipinski definition) is 2. The molecule has 1 fully saturated rings. The molecule has 0 unspecified atom stereocenters. The number of aromatic amines is 1. The number of carbonyl (C=O) groups is 1. The Hall–Kier alpha value is -2.30. The van der Waals surface area contributed by atoms with Crippen molar-refractivity contribution in [2.75, 3.05) is 13.1 Å². The average molecular weight is 380 g/mol. The van der Waals surface area contributed by atoms with Gasteiger partial charge in [-0.25, -0.2) is 0 Å². The van der Waals surface area contributed by atoms with Gasteiger partial charge in [0.25, 0.3) is 5.91 Å². The second-order valence-corrected chi connectivity index (χ2v) is 7.98. The zero-order valence-corrected chi connectivity index (χ0v) is 15.9. The molecule has 2 N–H and O–H groups in total. The van der Waals surface area contributed by atoms with Gasteiger partial charge in [-0.15, -0.1) is 0 Å². The van der Waals surface area contributed by atoms with Crippen molar-refractivity contribution in [1.29, 1.82) is 0 Å². The van der Waals surface area contributed by atoms with Gasteiger partial charge < -0.3 is 10.3 Å². The standard InChI is InChI=1S/C22H22ClN3O/c23-18-6-5-16(21-17(18)12-24-22(21)27)20-11-15-10-14(4-7-19(15)25-20)13-26-8-2-1-3-9-26/h4-7,10-11,25H,1-3,8-9,12-13H2,(H,24,27).